The summed E-state index contributed by atoms with van der Waals surface area (Å²) in [5.74, 6) is 0.769. The third kappa shape index (κ3) is 4.47. The summed E-state index contributed by atoms with van der Waals surface area (Å²) in [5, 5.41) is 3.45. The van der Waals surface area contributed by atoms with Crippen molar-refractivity contribution < 1.29 is 13.9 Å². The Balaban J connectivity index is 0.00000117. The van der Waals surface area contributed by atoms with Gasteiger partial charge in [0, 0.05) is 23.2 Å². The Labute approximate surface area is 151 Å². The summed E-state index contributed by atoms with van der Waals surface area (Å²) in [4.78, 5) is 20.3. The molecule has 1 aromatic carbocycles. The van der Waals surface area contributed by atoms with Gasteiger partial charge in [-0.1, -0.05) is 0 Å². The van der Waals surface area contributed by atoms with Crippen LogP contribution in [-0.4, -0.2) is 24.0 Å². The Hall–Kier alpha value is -3.61. The van der Waals surface area contributed by atoms with Gasteiger partial charge in [0.1, 0.15) is 11.3 Å². The van der Waals surface area contributed by atoms with Crippen LogP contribution in [0.3, 0.4) is 0 Å². The van der Waals surface area contributed by atoms with E-state index in [1.54, 1.807) is 12.1 Å². The first-order chi connectivity index (χ1) is 12.5. The highest BCUT2D eigenvalue weighted by Crippen LogP contribution is 2.24. The standard InChI is InChI=1S/C17H16N4O3.C2H4/c1-10-7-12-8-13(3-4-14(12)24-10)20-17(18)21-16(22)11-5-6-19-15(9-11)23-2;1-2/h3-9H,1-2H3,(H3,18,20,21,22);1-2H2. The van der Waals surface area contributed by atoms with Crippen molar-refractivity contribution in [3.63, 3.8) is 0 Å². The lowest BCUT2D eigenvalue weighted by molar-refractivity contribution is 0.0976. The zero-order valence-electron chi connectivity index (χ0n) is 14.7. The van der Waals surface area contributed by atoms with Crippen molar-refractivity contribution in [1.82, 2.24) is 10.3 Å². The number of ether oxygens (including phenoxy) is 1. The van der Waals surface area contributed by atoms with Crippen LogP contribution < -0.4 is 15.8 Å². The molecule has 1 amide bonds. The molecule has 0 saturated carbocycles. The summed E-state index contributed by atoms with van der Waals surface area (Å²) in [6.45, 7) is 7.88. The molecule has 7 heteroatoms. The topological polar surface area (TPSA) is 103 Å². The van der Waals surface area contributed by atoms with Crippen LogP contribution in [0.1, 0.15) is 16.1 Å². The Kier molecular flexibility index (Phi) is 6.10. The normalized spacial score (nSPS) is 10.8. The van der Waals surface area contributed by atoms with Gasteiger partial charge in [-0.2, -0.15) is 0 Å². The number of hydrogen-bond donors (Lipinski definition) is 2. The van der Waals surface area contributed by atoms with E-state index in [4.69, 9.17) is 14.9 Å². The summed E-state index contributed by atoms with van der Waals surface area (Å²) in [7, 11) is 1.48. The van der Waals surface area contributed by atoms with Crippen LogP contribution in [0, 0.1) is 6.92 Å². The molecule has 0 aliphatic rings. The molecule has 3 rings (SSSR count). The number of rotatable bonds is 3. The van der Waals surface area contributed by atoms with E-state index in [1.807, 2.05) is 25.1 Å². The highest BCUT2D eigenvalue weighted by molar-refractivity contribution is 6.06. The molecule has 2 heterocycles. The average Bonchev–Trinajstić information content (AvgIpc) is 3.02. The molecule has 0 atom stereocenters. The van der Waals surface area contributed by atoms with Gasteiger partial charge in [-0.05, 0) is 37.3 Å². The number of aliphatic imine (C=N–C) groups is 1. The number of hydrogen-bond acceptors (Lipinski definition) is 5. The van der Waals surface area contributed by atoms with Crippen LogP contribution in [0.2, 0.25) is 0 Å². The summed E-state index contributed by atoms with van der Waals surface area (Å²) in [6, 6.07) is 10.4. The van der Waals surface area contributed by atoms with Crippen molar-refractivity contribution in [2.45, 2.75) is 6.92 Å². The van der Waals surface area contributed by atoms with Crippen molar-refractivity contribution in [1.29, 1.82) is 0 Å². The molecule has 0 saturated heterocycles. The number of guanidine groups is 1. The van der Waals surface area contributed by atoms with Crippen LogP contribution in [-0.2, 0) is 0 Å². The number of fused-ring (bicyclic) bond motifs is 1. The van der Waals surface area contributed by atoms with Crippen LogP contribution in [0.15, 0.2) is 65.2 Å². The van der Waals surface area contributed by atoms with Gasteiger partial charge in [0.05, 0.1) is 12.8 Å². The number of furan rings is 1. The summed E-state index contributed by atoms with van der Waals surface area (Å²) >= 11 is 0. The van der Waals surface area contributed by atoms with E-state index in [2.05, 4.69) is 28.5 Å². The van der Waals surface area contributed by atoms with Gasteiger partial charge >= 0.3 is 0 Å². The number of aromatic nitrogens is 1. The second-order valence-corrected chi connectivity index (χ2v) is 5.12. The smallest absolute Gasteiger partial charge is 0.258 e. The maximum absolute atomic E-state index is 12.2. The number of carbonyl (C=O) groups is 1. The molecule has 0 spiro atoms. The highest BCUT2D eigenvalue weighted by Gasteiger charge is 2.09. The van der Waals surface area contributed by atoms with Gasteiger partial charge in [-0.25, -0.2) is 9.98 Å². The van der Waals surface area contributed by atoms with E-state index < -0.39 is 5.91 Å². The molecule has 0 aliphatic heterocycles. The summed E-state index contributed by atoms with van der Waals surface area (Å²) < 4.78 is 10.5. The van der Waals surface area contributed by atoms with E-state index in [0.29, 0.717) is 17.1 Å². The van der Waals surface area contributed by atoms with Crippen LogP contribution in [0.4, 0.5) is 5.69 Å². The Bertz CT molecular complexity index is 947. The predicted molar refractivity (Wildman–Crippen MR) is 102 cm³/mol. The second-order valence-electron chi connectivity index (χ2n) is 5.12. The van der Waals surface area contributed by atoms with Crippen molar-refractivity contribution in [2.75, 3.05) is 7.11 Å². The number of benzene rings is 1. The maximum atomic E-state index is 12.2. The third-order valence-corrected chi connectivity index (χ3v) is 3.32. The quantitative estimate of drug-likeness (QED) is 0.427. The molecule has 0 radical (unpaired) electrons. The first kappa shape index (κ1) is 18.7. The van der Waals surface area contributed by atoms with Crippen molar-refractivity contribution in [3.8, 4) is 5.88 Å². The Morgan fingerprint density at radius 3 is 2.77 bits per heavy atom. The predicted octanol–water partition coefficient (Wildman–Crippen LogP) is 3.32. The molecule has 2 aromatic heterocycles. The summed E-state index contributed by atoms with van der Waals surface area (Å²) in [6.07, 6.45) is 1.48. The number of nitrogens with one attached hydrogen (secondary N) is 1. The minimum Gasteiger partial charge on any atom is -0.481 e. The van der Waals surface area contributed by atoms with E-state index in [0.717, 1.165) is 16.7 Å². The lowest BCUT2D eigenvalue weighted by Gasteiger charge is -2.05. The van der Waals surface area contributed by atoms with E-state index in [1.165, 1.54) is 19.4 Å². The van der Waals surface area contributed by atoms with Gasteiger partial charge in [-0.3, -0.25) is 10.1 Å². The molecule has 0 unspecified atom stereocenters. The molecule has 7 nitrogen and oxygen atoms in total. The lowest BCUT2D eigenvalue weighted by atomic mass is 10.2. The largest absolute Gasteiger partial charge is 0.481 e. The molecular weight excluding hydrogens is 332 g/mol. The number of nitrogens with two attached hydrogens (primary N) is 1. The number of carbonyl (C=O) groups excluding carboxylic acids is 1. The first-order valence-electron chi connectivity index (χ1n) is 7.71. The van der Waals surface area contributed by atoms with Crippen LogP contribution in [0.25, 0.3) is 11.0 Å². The zero-order valence-corrected chi connectivity index (χ0v) is 14.7. The monoisotopic (exact) mass is 352 g/mol. The van der Waals surface area contributed by atoms with Crippen LogP contribution in [0.5, 0.6) is 5.88 Å². The Morgan fingerprint density at radius 1 is 1.27 bits per heavy atom. The second kappa shape index (κ2) is 8.48. The van der Waals surface area contributed by atoms with Gasteiger partial charge in [-0.15, -0.1) is 13.2 Å². The number of nitrogens with zero attached hydrogens (tertiary/aromatic N) is 2. The number of aryl methyl sites for hydroxylation is 1. The average molecular weight is 352 g/mol. The van der Waals surface area contributed by atoms with Crippen molar-refractivity contribution in [2.24, 2.45) is 10.7 Å². The molecule has 0 fully saturated rings. The summed E-state index contributed by atoms with van der Waals surface area (Å²) in [5.41, 5.74) is 7.58. The number of pyridine rings is 1. The molecular formula is C19H20N4O3. The third-order valence-electron chi connectivity index (χ3n) is 3.32. The lowest BCUT2D eigenvalue weighted by Crippen LogP contribution is -2.36. The Morgan fingerprint density at radius 2 is 2.04 bits per heavy atom. The van der Waals surface area contributed by atoms with Gasteiger partial charge in [0.25, 0.3) is 5.91 Å². The number of methoxy groups -OCH3 is 1. The minimum atomic E-state index is -0.391. The highest BCUT2D eigenvalue weighted by atomic mass is 16.5. The van der Waals surface area contributed by atoms with E-state index >= 15 is 0 Å². The number of amides is 1. The molecule has 3 N–H and O–H groups in total. The van der Waals surface area contributed by atoms with E-state index in [-0.39, 0.29) is 5.96 Å². The first-order valence-corrected chi connectivity index (χ1v) is 7.71. The fourth-order valence-corrected chi connectivity index (χ4v) is 2.25. The molecule has 26 heavy (non-hydrogen) atoms. The fourth-order valence-electron chi connectivity index (χ4n) is 2.25. The molecule has 3 aromatic rings. The van der Waals surface area contributed by atoms with Crippen molar-refractivity contribution in [3.05, 3.63) is 67.1 Å². The maximum Gasteiger partial charge on any atom is 0.258 e. The van der Waals surface area contributed by atoms with Gasteiger partial charge in [0.15, 0.2) is 0 Å². The molecule has 0 bridgehead atoms. The van der Waals surface area contributed by atoms with Crippen molar-refractivity contribution >= 4 is 28.5 Å². The molecule has 0 aliphatic carbocycles. The van der Waals surface area contributed by atoms with Gasteiger partial charge < -0.3 is 14.9 Å². The SMILES string of the molecule is C=C.COc1cc(C(=O)NC(N)=Nc2ccc3oc(C)cc3c2)ccn1. The zero-order chi connectivity index (χ0) is 19.1. The van der Waals surface area contributed by atoms with E-state index in [9.17, 15) is 4.79 Å². The van der Waals surface area contributed by atoms with Crippen LogP contribution >= 0.6 is 0 Å². The van der Waals surface area contributed by atoms with Gasteiger partial charge in [0.2, 0.25) is 11.8 Å². The minimum absolute atomic E-state index is 0.00431. The fraction of sp³-hybridized carbons (Fsp3) is 0.105. The molecule has 134 valence electrons.